The van der Waals surface area contributed by atoms with E-state index >= 15 is 0 Å². The second-order valence-electron chi connectivity index (χ2n) is 25.3. The van der Waals surface area contributed by atoms with E-state index in [4.69, 9.17) is 21.4 Å². The molecule has 13 aromatic carbocycles. The number of carbonyl (C=O) groups excluding carboxylic acids is 11. The van der Waals surface area contributed by atoms with Crippen LogP contribution in [-0.2, 0) is 6.42 Å². The minimum atomic E-state index is -4.73. The summed E-state index contributed by atoms with van der Waals surface area (Å²) in [6.07, 6.45) is 6.36. The van der Waals surface area contributed by atoms with Crippen molar-refractivity contribution in [1.29, 1.82) is 0 Å². The van der Waals surface area contributed by atoms with E-state index in [-0.39, 0.29) is 21.5 Å². The standard InChI is InChI=1S/4C11H7BrO.C9H10BrNO.C9H9BrO.C8H4BrF3O2.C7H4BrClO.C7H6BrNO2.C7H5BrO2.C6H4BrNO/c12-11-6-2-4-9-8(7-13)3-1-5-10(9)11;12-10-6-2-4-8-3-1-5-9(7-13)11(8)10;12-11-4-3-9-5-8(7-13)1-2-10(9)6-11;12-11-9(7-13)6-5-8-3-1-2-4-10(8)11;1-2-11-9-4-3-7(6-12)5-8(9)10;1-2-8-4-3-7(6-11)5-9(8)10;9-6-3-5(4-13)1-2-7(6)14-8(10,11)12;8-6-3-5(4-10)1-2-7(6)9;1-11-7-6(8)2-5(4-10)3-9-7;8-6-3-5(4-9)1-2-7(6)10;7-6-3-1-2-5(4-9)8-6/h4*1-7H;3-6,11H,2H2,1H3;3-6H,2H2,1H3;1-4H;1-4H;2-4H,1H3;1-4,10H;1-4H. The van der Waals surface area contributed by atoms with E-state index < -0.39 is 6.36 Å². The molecule has 2 aromatic heterocycles. The monoisotopic (exact) mass is 2460 g/mol. The molecule has 0 bridgehead atoms. The number of phenolic OH excluding ortho intramolecular Hbond substituents is 1. The predicted octanol–water partition coefficient (Wildman–Crippen LogP) is 30.5. The van der Waals surface area contributed by atoms with Crippen LogP contribution in [0.4, 0.5) is 18.9 Å². The molecule has 662 valence electrons. The van der Waals surface area contributed by atoms with Gasteiger partial charge in [0.25, 0.3) is 0 Å². The van der Waals surface area contributed by atoms with Gasteiger partial charge in [-0.2, -0.15) is 0 Å². The van der Waals surface area contributed by atoms with Crippen molar-refractivity contribution >= 4 is 305 Å². The summed E-state index contributed by atoms with van der Waals surface area (Å²) in [6.45, 7) is 4.99. The van der Waals surface area contributed by atoms with Gasteiger partial charge in [0.1, 0.15) is 59.5 Å². The van der Waals surface area contributed by atoms with Crippen LogP contribution in [0.15, 0.2) is 316 Å². The highest BCUT2D eigenvalue weighted by atomic mass is 79.9. The van der Waals surface area contributed by atoms with Crippen LogP contribution in [0, 0.1) is 0 Å². The number of pyridine rings is 2. The number of rotatable bonds is 16. The zero-order chi connectivity index (χ0) is 95.1. The summed E-state index contributed by atoms with van der Waals surface area (Å²) in [4.78, 5) is 122. The summed E-state index contributed by atoms with van der Waals surface area (Å²) in [5.74, 6) is 0.254. The van der Waals surface area contributed by atoms with E-state index in [0.717, 1.165) is 172 Å². The van der Waals surface area contributed by atoms with E-state index in [9.17, 15) is 65.9 Å². The number of aromatic nitrogens is 2. The second-order valence-corrected chi connectivity index (χ2v) is 35.1. The summed E-state index contributed by atoms with van der Waals surface area (Å²) in [5.41, 5.74) is 8.93. The molecular weight excluding hydrogens is 2400 g/mol. The maximum atomic E-state index is 11.8. The van der Waals surface area contributed by atoms with Gasteiger partial charge < -0.3 is 19.9 Å². The van der Waals surface area contributed by atoms with Gasteiger partial charge in [0.15, 0.2) is 31.4 Å². The quantitative estimate of drug-likeness (QED) is 0.0672. The Labute approximate surface area is 837 Å². The molecule has 0 aliphatic heterocycles. The summed E-state index contributed by atoms with van der Waals surface area (Å²) in [6, 6.07) is 77.6. The molecule has 15 aromatic rings. The maximum Gasteiger partial charge on any atom is 0.573 e. The number of methoxy groups -OCH3 is 1. The molecule has 0 aliphatic carbocycles. The Hall–Kier alpha value is -9.87. The Morgan fingerprint density at radius 1 is 0.388 bits per heavy atom. The number of halogens is 15. The van der Waals surface area contributed by atoms with Crippen molar-refractivity contribution in [2.75, 3.05) is 19.0 Å². The number of aromatic hydroxyl groups is 1. The lowest BCUT2D eigenvalue weighted by Crippen LogP contribution is -2.17. The number of hydrogen-bond donors (Lipinski definition) is 2. The van der Waals surface area contributed by atoms with Gasteiger partial charge in [0.05, 0.1) is 25.6 Å². The van der Waals surface area contributed by atoms with E-state index in [1.165, 1.54) is 37.1 Å². The molecule has 2 N–H and O–H groups in total. The number of hydrogen-bond acceptors (Lipinski definition) is 17. The number of carbonyl (C=O) groups is 11. The normalized spacial score (nSPS) is 9.91. The van der Waals surface area contributed by atoms with E-state index in [1.54, 1.807) is 66.7 Å². The van der Waals surface area contributed by atoms with Crippen LogP contribution in [-0.4, -0.2) is 104 Å². The minimum absolute atomic E-state index is 0.0828. The molecule has 17 nitrogen and oxygen atoms in total. The van der Waals surface area contributed by atoms with Gasteiger partial charge in [0, 0.05) is 111 Å². The predicted molar refractivity (Wildman–Crippen MR) is 544 cm³/mol. The first-order valence-corrected chi connectivity index (χ1v) is 46.2. The summed E-state index contributed by atoms with van der Waals surface area (Å²) < 4.78 is 52.5. The lowest BCUT2D eigenvalue weighted by atomic mass is 10.1. The van der Waals surface area contributed by atoms with Crippen LogP contribution in [0.1, 0.15) is 133 Å². The SMILES string of the molecule is CCNc1ccc(C=O)cc1Br.CCc1ccc(C=O)cc1Br.COc1ncc(C=O)cc1Br.O=Cc1ccc(Cl)c(Br)c1.O=Cc1ccc(O)c(Br)c1.O=Cc1ccc(OC(F)(F)F)c(Br)c1.O=Cc1ccc2cc(Br)ccc2c1.O=Cc1ccc2ccccc2c1Br.O=Cc1cccc(Br)n1.O=Cc1cccc2c(Br)cccc12.O=Cc1cccc2cccc(Br)c12. The number of fused-ring (bicyclic) bond motifs is 4. The van der Waals surface area contributed by atoms with Crippen LogP contribution in [0.2, 0.25) is 5.02 Å². The molecule has 0 saturated heterocycles. The first-order chi connectivity index (χ1) is 61.8. The summed E-state index contributed by atoms with van der Waals surface area (Å²) in [5, 5.41) is 21.3. The molecule has 0 fully saturated rings. The molecule has 0 spiro atoms. The number of nitrogens with one attached hydrogen (secondary N) is 1. The number of anilines is 1. The van der Waals surface area contributed by atoms with E-state index in [1.807, 2.05) is 177 Å². The van der Waals surface area contributed by atoms with Crippen LogP contribution in [0.5, 0.6) is 17.4 Å². The fourth-order valence-electron chi connectivity index (χ4n) is 10.5. The Kier molecular flexibility index (Phi) is 49.9. The molecule has 32 heteroatoms. The van der Waals surface area contributed by atoms with Gasteiger partial charge in [-0.1, -0.05) is 216 Å². The topological polar surface area (TPSA) is 264 Å². The fraction of sp³-hybridized carbons (Fsp3) is 0.0619. The molecule has 129 heavy (non-hydrogen) atoms. The number of phenols is 1. The Balaban J connectivity index is 0.000000252. The largest absolute Gasteiger partial charge is 0.573 e. The summed E-state index contributed by atoms with van der Waals surface area (Å²) in [7, 11) is 1.52. The van der Waals surface area contributed by atoms with Crippen LogP contribution in [0.25, 0.3) is 43.1 Å². The van der Waals surface area contributed by atoms with E-state index in [0.29, 0.717) is 76.1 Å². The van der Waals surface area contributed by atoms with E-state index in [2.05, 4.69) is 202 Å². The van der Waals surface area contributed by atoms with Crippen molar-refractivity contribution in [2.45, 2.75) is 26.6 Å². The zero-order valence-corrected chi connectivity index (χ0v) is 85.7. The average Bonchev–Trinajstić information content (AvgIpc) is 0.810. The Morgan fingerprint density at radius 3 is 1.42 bits per heavy atom. The van der Waals surface area contributed by atoms with Crippen molar-refractivity contribution < 1.29 is 80.5 Å². The lowest BCUT2D eigenvalue weighted by Gasteiger charge is -2.10. The number of ether oxygens (including phenoxy) is 2. The van der Waals surface area contributed by atoms with Crippen LogP contribution in [0.3, 0.4) is 0 Å². The van der Waals surface area contributed by atoms with Gasteiger partial charge in [0.2, 0.25) is 5.88 Å². The molecular formula is C97H70Br11ClF3N3O14. The van der Waals surface area contributed by atoms with Gasteiger partial charge >= 0.3 is 6.36 Å². The smallest absolute Gasteiger partial charge is 0.507 e. The molecule has 0 radical (unpaired) electrons. The Morgan fingerprint density at radius 2 is 0.868 bits per heavy atom. The molecule has 0 unspecified atom stereocenters. The first-order valence-electron chi connectivity index (χ1n) is 37.1. The third-order valence-electron chi connectivity index (χ3n) is 16.6. The number of benzene rings is 13. The highest BCUT2D eigenvalue weighted by Gasteiger charge is 2.32. The highest BCUT2D eigenvalue weighted by Crippen LogP contribution is 2.34. The van der Waals surface area contributed by atoms with Crippen molar-refractivity contribution in [2.24, 2.45) is 0 Å². The Bertz CT molecular complexity index is 6280. The lowest BCUT2D eigenvalue weighted by molar-refractivity contribution is -0.274. The van der Waals surface area contributed by atoms with Crippen molar-refractivity contribution in [3.63, 3.8) is 0 Å². The van der Waals surface area contributed by atoms with Crippen molar-refractivity contribution in [3.05, 3.63) is 388 Å². The number of alkyl halides is 3. The van der Waals surface area contributed by atoms with Crippen LogP contribution < -0.4 is 14.8 Å². The molecule has 0 saturated carbocycles. The maximum absolute atomic E-state index is 11.8. The fourth-order valence-corrected chi connectivity index (χ4v) is 16.0. The van der Waals surface area contributed by atoms with Gasteiger partial charge in [-0.3, -0.25) is 52.7 Å². The third-order valence-corrected chi connectivity index (χ3v) is 24.2. The van der Waals surface area contributed by atoms with Gasteiger partial charge in [-0.05, 0) is 296 Å². The number of nitrogens with zero attached hydrogens (tertiary/aromatic N) is 2. The molecule has 0 aliphatic rings. The molecule has 15 rings (SSSR count). The molecule has 2 heterocycles. The second kappa shape index (κ2) is 58.7. The third kappa shape index (κ3) is 37.5. The molecule has 0 atom stereocenters. The van der Waals surface area contributed by atoms with Crippen molar-refractivity contribution in [1.82, 2.24) is 9.97 Å². The number of aldehydes is 11. The highest BCUT2D eigenvalue weighted by molar-refractivity contribution is 9.12. The van der Waals surface area contributed by atoms with Gasteiger partial charge in [-0.25, -0.2) is 9.97 Å². The van der Waals surface area contributed by atoms with Crippen molar-refractivity contribution in [3.8, 4) is 17.4 Å². The zero-order valence-electron chi connectivity index (χ0n) is 67.5. The number of aryl methyl sites for hydroxylation is 1. The minimum Gasteiger partial charge on any atom is -0.507 e. The van der Waals surface area contributed by atoms with Crippen LogP contribution >= 0.6 is 187 Å². The first kappa shape index (κ1) is 110. The van der Waals surface area contributed by atoms with Gasteiger partial charge in [-0.15, -0.1) is 13.2 Å². The summed E-state index contributed by atoms with van der Waals surface area (Å²) >= 11 is 41.6. The average molecular weight is 2470 g/mol. The molecule has 0 amide bonds.